The van der Waals surface area contributed by atoms with Crippen LogP contribution in [0.4, 0.5) is 0 Å². The number of nitrogens with one attached hydrogen (secondary N) is 1. The maximum Gasteiger partial charge on any atom is 0.0253 e. The van der Waals surface area contributed by atoms with Gasteiger partial charge in [-0.15, -0.1) is 0 Å². The van der Waals surface area contributed by atoms with Gasteiger partial charge in [0.25, 0.3) is 0 Å². The number of hydrogen-bond acceptors (Lipinski definition) is 2. The smallest absolute Gasteiger partial charge is 0.0253 e. The van der Waals surface area contributed by atoms with E-state index < -0.39 is 0 Å². The van der Waals surface area contributed by atoms with Gasteiger partial charge in [-0.2, -0.15) is 0 Å². The monoisotopic (exact) mass is 288 g/mol. The fourth-order valence-electron chi connectivity index (χ4n) is 3.99. The topological polar surface area (TPSA) is 38.0 Å². The van der Waals surface area contributed by atoms with Crippen molar-refractivity contribution >= 4 is 0 Å². The van der Waals surface area contributed by atoms with Gasteiger partial charge in [-0.25, -0.2) is 0 Å². The zero-order valence-electron chi connectivity index (χ0n) is 14.0. The summed E-state index contributed by atoms with van der Waals surface area (Å²) in [7, 11) is 0. The van der Waals surface area contributed by atoms with Gasteiger partial charge in [-0.1, -0.05) is 56.2 Å². The second kappa shape index (κ2) is 7.95. The van der Waals surface area contributed by atoms with E-state index in [4.69, 9.17) is 5.84 Å². The Balaban J connectivity index is 2.01. The molecule has 2 rings (SSSR count). The van der Waals surface area contributed by atoms with Crippen molar-refractivity contribution in [1.29, 1.82) is 0 Å². The third-order valence-corrected chi connectivity index (χ3v) is 5.12. The minimum absolute atomic E-state index is 0.410. The molecule has 1 unspecified atom stereocenters. The third-order valence-electron chi connectivity index (χ3n) is 5.12. The van der Waals surface area contributed by atoms with Gasteiger partial charge in [0.1, 0.15) is 0 Å². The lowest BCUT2D eigenvalue weighted by molar-refractivity contribution is 0.352. The molecule has 1 saturated carbocycles. The van der Waals surface area contributed by atoms with Crippen LogP contribution in [-0.4, -0.2) is 6.04 Å². The van der Waals surface area contributed by atoms with E-state index in [1.807, 2.05) is 0 Å². The molecule has 118 valence electrons. The third kappa shape index (κ3) is 4.82. The van der Waals surface area contributed by atoms with E-state index in [1.54, 1.807) is 0 Å². The Kier molecular flexibility index (Phi) is 6.25. The molecule has 21 heavy (non-hydrogen) atoms. The summed E-state index contributed by atoms with van der Waals surface area (Å²) in [6, 6.07) is 5.00. The van der Waals surface area contributed by atoms with Crippen LogP contribution in [0.3, 0.4) is 0 Å². The molecule has 1 aliphatic rings. The molecule has 1 fully saturated rings. The Hall–Kier alpha value is -0.860. The van der Waals surface area contributed by atoms with E-state index in [0.29, 0.717) is 6.04 Å². The highest BCUT2D eigenvalue weighted by Gasteiger charge is 2.19. The summed E-state index contributed by atoms with van der Waals surface area (Å²) in [5.41, 5.74) is 8.75. The lowest BCUT2D eigenvalue weighted by Crippen LogP contribution is -2.38. The van der Waals surface area contributed by atoms with Crippen LogP contribution in [-0.2, 0) is 6.42 Å². The van der Waals surface area contributed by atoms with Gasteiger partial charge in [0.15, 0.2) is 0 Å². The van der Waals surface area contributed by atoms with E-state index in [-0.39, 0.29) is 0 Å². The zero-order chi connectivity index (χ0) is 15.2. The second-order valence-electron chi connectivity index (χ2n) is 7.04. The van der Waals surface area contributed by atoms with Crippen LogP contribution in [0.25, 0.3) is 0 Å². The lowest BCUT2D eigenvalue weighted by Gasteiger charge is -2.24. The Bertz CT molecular complexity index is 422. The molecule has 0 spiro atoms. The fourth-order valence-corrected chi connectivity index (χ4v) is 3.99. The minimum atomic E-state index is 0.410. The largest absolute Gasteiger partial charge is 0.271 e. The molecule has 0 aliphatic heterocycles. The molecular weight excluding hydrogens is 256 g/mol. The SMILES string of the molecule is Cc1cc(C)c(CC(CC2CCCCCC2)NN)c(C)c1. The highest BCUT2D eigenvalue weighted by molar-refractivity contribution is 5.38. The van der Waals surface area contributed by atoms with Gasteiger partial charge >= 0.3 is 0 Å². The number of hydrazine groups is 1. The average Bonchev–Trinajstić information content (AvgIpc) is 2.69. The van der Waals surface area contributed by atoms with E-state index in [9.17, 15) is 0 Å². The molecule has 1 atom stereocenters. The molecule has 3 N–H and O–H groups in total. The summed E-state index contributed by atoms with van der Waals surface area (Å²) >= 11 is 0. The molecule has 1 aromatic carbocycles. The van der Waals surface area contributed by atoms with E-state index >= 15 is 0 Å². The van der Waals surface area contributed by atoms with E-state index in [1.165, 1.54) is 67.2 Å². The number of benzene rings is 1. The molecule has 0 saturated heterocycles. The molecule has 0 heterocycles. The summed E-state index contributed by atoms with van der Waals surface area (Å²) in [5.74, 6) is 6.72. The molecule has 2 nitrogen and oxygen atoms in total. The molecule has 1 aliphatic carbocycles. The van der Waals surface area contributed by atoms with Crippen molar-refractivity contribution < 1.29 is 0 Å². The van der Waals surface area contributed by atoms with Gasteiger partial charge in [0.05, 0.1) is 0 Å². The fraction of sp³-hybridized carbons (Fsp3) is 0.684. The highest BCUT2D eigenvalue weighted by Crippen LogP contribution is 2.28. The summed E-state index contributed by atoms with van der Waals surface area (Å²) in [4.78, 5) is 0. The Morgan fingerprint density at radius 3 is 2.14 bits per heavy atom. The molecular formula is C19H32N2. The molecule has 1 aromatic rings. The van der Waals surface area contributed by atoms with Gasteiger partial charge in [-0.05, 0) is 56.2 Å². The van der Waals surface area contributed by atoms with Crippen LogP contribution in [0, 0.1) is 26.7 Å². The number of rotatable bonds is 5. The summed E-state index contributed by atoms with van der Waals surface area (Å²) < 4.78 is 0. The summed E-state index contributed by atoms with van der Waals surface area (Å²) in [5, 5.41) is 0. The van der Waals surface area contributed by atoms with Gasteiger partial charge in [-0.3, -0.25) is 11.3 Å². The average molecular weight is 288 g/mol. The normalized spacial score (nSPS) is 18.5. The Labute approximate surface area is 130 Å². The van der Waals surface area contributed by atoms with Crippen LogP contribution in [0.15, 0.2) is 12.1 Å². The second-order valence-corrected chi connectivity index (χ2v) is 7.04. The summed E-state index contributed by atoms with van der Waals surface area (Å²) in [6.45, 7) is 6.64. The number of nitrogens with two attached hydrogens (primary N) is 1. The van der Waals surface area contributed by atoms with Crippen molar-refractivity contribution in [3.05, 3.63) is 34.4 Å². The first kappa shape index (κ1) is 16.5. The first-order valence-corrected chi connectivity index (χ1v) is 8.63. The maximum atomic E-state index is 5.86. The van der Waals surface area contributed by atoms with E-state index in [2.05, 4.69) is 38.3 Å². The predicted octanol–water partition coefficient (Wildman–Crippen LogP) is 4.35. The van der Waals surface area contributed by atoms with Crippen molar-refractivity contribution in [3.63, 3.8) is 0 Å². The van der Waals surface area contributed by atoms with Crippen molar-refractivity contribution in [2.75, 3.05) is 0 Å². The van der Waals surface area contributed by atoms with Crippen molar-refractivity contribution in [2.45, 2.75) is 78.2 Å². The Morgan fingerprint density at radius 2 is 1.62 bits per heavy atom. The van der Waals surface area contributed by atoms with Gasteiger partial charge < -0.3 is 0 Å². The molecule has 0 aromatic heterocycles. The van der Waals surface area contributed by atoms with E-state index in [0.717, 1.165) is 12.3 Å². The lowest BCUT2D eigenvalue weighted by atomic mass is 9.87. The van der Waals surface area contributed by atoms with Crippen LogP contribution >= 0.6 is 0 Å². The minimum Gasteiger partial charge on any atom is -0.271 e. The van der Waals surface area contributed by atoms with Crippen LogP contribution in [0.5, 0.6) is 0 Å². The highest BCUT2D eigenvalue weighted by atomic mass is 15.2. The van der Waals surface area contributed by atoms with Crippen molar-refractivity contribution in [2.24, 2.45) is 11.8 Å². The molecule has 0 amide bonds. The van der Waals surface area contributed by atoms with Crippen LogP contribution in [0.2, 0.25) is 0 Å². The van der Waals surface area contributed by atoms with Crippen LogP contribution < -0.4 is 11.3 Å². The van der Waals surface area contributed by atoms with Crippen molar-refractivity contribution in [3.8, 4) is 0 Å². The first-order chi connectivity index (χ1) is 10.1. The molecule has 0 radical (unpaired) electrons. The van der Waals surface area contributed by atoms with Crippen LogP contribution in [0.1, 0.15) is 67.2 Å². The summed E-state index contributed by atoms with van der Waals surface area (Å²) in [6.07, 6.45) is 10.7. The predicted molar refractivity (Wildman–Crippen MR) is 91.3 cm³/mol. The van der Waals surface area contributed by atoms with Gasteiger partial charge in [0.2, 0.25) is 0 Å². The number of aryl methyl sites for hydroxylation is 3. The van der Waals surface area contributed by atoms with Gasteiger partial charge in [0, 0.05) is 6.04 Å². The molecule has 2 heteroatoms. The quantitative estimate of drug-likeness (QED) is 0.480. The van der Waals surface area contributed by atoms with Crippen molar-refractivity contribution in [1.82, 2.24) is 5.43 Å². The molecule has 0 bridgehead atoms. The Morgan fingerprint density at radius 1 is 1.05 bits per heavy atom. The maximum absolute atomic E-state index is 5.86. The number of hydrogen-bond donors (Lipinski definition) is 2. The zero-order valence-corrected chi connectivity index (χ0v) is 14.0. The first-order valence-electron chi connectivity index (χ1n) is 8.63. The standard InChI is InChI=1S/C19H32N2/c1-14-10-15(2)19(16(3)11-14)13-18(21-20)12-17-8-6-4-5-7-9-17/h10-11,17-18,21H,4-9,12-13,20H2,1-3H3.